The van der Waals surface area contributed by atoms with Crippen LogP contribution in [-0.2, 0) is 16.1 Å². The van der Waals surface area contributed by atoms with Crippen LogP contribution in [0.5, 0.6) is 5.75 Å². The molecule has 1 aliphatic carbocycles. The first-order valence-corrected chi connectivity index (χ1v) is 11.8. The van der Waals surface area contributed by atoms with Gasteiger partial charge in [-0.2, -0.15) is 0 Å². The van der Waals surface area contributed by atoms with E-state index in [4.69, 9.17) is 16.3 Å². The molecule has 1 aliphatic rings. The monoisotopic (exact) mass is 456 g/mol. The van der Waals surface area contributed by atoms with E-state index in [1.165, 1.54) is 5.56 Å². The second-order valence-corrected chi connectivity index (χ2v) is 8.97. The predicted octanol–water partition coefficient (Wildman–Crippen LogP) is 5.20. The van der Waals surface area contributed by atoms with Gasteiger partial charge in [0.2, 0.25) is 5.91 Å². The van der Waals surface area contributed by atoms with Crippen molar-refractivity contribution in [2.45, 2.75) is 71.5 Å². The number of ether oxygens (including phenoxy) is 1. The molecular formula is C26H33ClN2O3. The zero-order valence-corrected chi connectivity index (χ0v) is 20.0. The number of hydrogen-bond acceptors (Lipinski definition) is 3. The Morgan fingerprint density at radius 1 is 1.12 bits per heavy atom. The summed E-state index contributed by atoms with van der Waals surface area (Å²) in [5, 5.41) is 3.72. The Hall–Kier alpha value is -2.53. The molecule has 1 saturated carbocycles. The quantitative estimate of drug-likeness (QED) is 0.564. The number of hydrogen-bond donors (Lipinski definition) is 1. The molecule has 1 fully saturated rings. The first-order valence-electron chi connectivity index (χ1n) is 11.4. The number of amides is 2. The SMILES string of the molecule is CCC(C(=O)NC1CCCC1)N(Cc1ccccc1Cl)C(=O)COc1ccc(C)c(C)c1. The Labute approximate surface area is 196 Å². The average Bonchev–Trinajstić information content (AvgIpc) is 3.28. The van der Waals surface area contributed by atoms with Gasteiger partial charge in [-0.3, -0.25) is 9.59 Å². The fourth-order valence-corrected chi connectivity index (χ4v) is 4.32. The van der Waals surface area contributed by atoms with Crippen molar-refractivity contribution in [2.24, 2.45) is 0 Å². The Kier molecular flexibility index (Phi) is 8.57. The third kappa shape index (κ3) is 6.26. The lowest BCUT2D eigenvalue weighted by Crippen LogP contribution is -2.52. The van der Waals surface area contributed by atoms with E-state index in [2.05, 4.69) is 5.32 Å². The Morgan fingerprint density at radius 2 is 1.84 bits per heavy atom. The van der Waals surface area contributed by atoms with Crippen molar-refractivity contribution in [3.63, 3.8) is 0 Å². The molecule has 6 heteroatoms. The van der Waals surface area contributed by atoms with Gasteiger partial charge in [0.1, 0.15) is 11.8 Å². The minimum absolute atomic E-state index is 0.106. The smallest absolute Gasteiger partial charge is 0.261 e. The van der Waals surface area contributed by atoms with Gasteiger partial charge < -0.3 is 15.0 Å². The highest BCUT2D eigenvalue weighted by Crippen LogP contribution is 2.22. The second kappa shape index (κ2) is 11.4. The van der Waals surface area contributed by atoms with Crippen LogP contribution in [0.25, 0.3) is 0 Å². The number of rotatable bonds is 9. The maximum Gasteiger partial charge on any atom is 0.261 e. The summed E-state index contributed by atoms with van der Waals surface area (Å²) in [4.78, 5) is 28.0. The van der Waals surface area contributed by atoms with Crippen molar-refractivity contribution in [1.29, 1.82) is 0 Å². The van der Waals surface area contributed by atoms with Crippen LogP contribution in [0.3, 0.4) is 0 Å². The standard InChI is InChI=1S/C26H33ClN2O3/c1-4-24(26(31)28-21-10-6-7-11-21)29(16-20-9-5-8-12-23(20)27)25(30)17-32-22-14-13-18(2)19(3)15-22/h5,8-9,12-15,21,24H,4,6-7,10-11,16-17H2,1-3H3,(H,28,31). The number of carbonyl (C=O) groups excluding carboxylic acids is 2. The summed E-state index contributed by atoms with van der Waals surface area (Å²) < 4.78 is 5.80. The molecule has 172 valence electrons. The lowest BCUT2D eigenvalue weighted by atomic mass is 10.1. The highest BCUT2D eigenvalue weighted by atomic mass is 35.5. The van der Waals surface area contributed by atoms with E-state index in [0.29, 0.717) is 17.2 Å². The summed E-state index contributed by atoms with van der Waals surface area (Å²) in [5.74, 6) is 0.296. The van der Waals surface area contributed by atoms with Gasteiger partial charge in [-0.05, 0) is 68.0 Å². The second-order valence-electron chi connectivity index (χ2n) is 8.56. The topological polar surface area (TPSA) is 58.6 Å². The normalized spacial score (nSPS) is 14.8. The van der Waals surface area contributed by atoms with Gasteiger partial charge in [-0.25, -0.2) is 0 Å². The van der Waals surface area contributed by atoms with Gasteiger partial charge in [-0.15, -0.1) is 0 Å². The molecule has 2 aromatic rings. The van der Waals surface area contributed by atoms with Crippen LogP contribution in [0, 0.1) is 13.8 Å². The molecular weight excluding hydrogens is 424 g/mol. The first kappa shape index (κ1) is 24.1. The van der Waals surface area contributed by atoms with Gasteiger partial charge in [-0.1, -0.05) is 55.6 Å². The fourth-order valence-electron chi connectivity index (χ4n) is 4.13. The van der Waals surface area contributed by atoms with Crippen LogP contribution in [0.1, 0.15) is 55.7 Å². The summed E-state index contributed by atoms with van der Waals surface area (Å²) in [6, 6.07) is 12.8. The third-order valence-electron chi connectivity index (χ3n) is 6.23. The molecule has 0 aliphatic heterocycles. The molecule has 1 unspecified atom stereocenters. The summed E-state index contributed by atoms with van der Waals surface area (Å²) in [6.45, 7) is 6.08. The fraction of sp³-hybridized carbons (Fsp3) is 0.462. The Morgan fingerprint density at radius 3 is 2.50 bits per heavy atom. The molecule has 5 nitrogen and oxygen atoms in total. The number of halogens is 1. The summed E-state index contributed by atoms with van der Waals surface area (Å²) >= 11 is 6.37. The number of benzene rings is 2. The predicted molar refractivity (Wildman–Crippen MR) is 128 cm³/mol. The zero-order chi connectivity index (χ0) is 23.1. The van der Waals surface area contributed by atoms with E-state index < -0.39 is 6.04 Å². The van der Waals surface area contributed by atoms with Crippen LogP contribution in [-0.4, -0.2) is 35.4 Å². The third-order valence-corrected chi connectivity index (χ3v) is 6.60. The van der Waals surface area contributed by atoms with E-state index in [1.54, 1.807) is 11.0 Å². The maximum absolute atomic E-state index is 13.3. The molecule has 0 aromatic heterocycles. The van der Waals surface area contributed by atoms with Crippen molar-refractivity contribution < 1.29 is 14.3 Å². The summed E-state index contributed by atoms with van der Waals surface area (Å²) in [6.07, 6.45) is 4.77. The van der Waals surface area contributed by atoms with Gasteiger partial charge >= 0.3 is 0 Å². The largest absolute Gasteiger partial charge is 0.484 e. The minimum atomic E-state index is -0.581. The van der Waals surface area contributed by atoms with E-state index in [0.717, 1.165) is 36.8 Å². The van der Waals surface area contributed by atoms with E-state index in [9.17, 15) is 9.59 Å². The number of nitrogens with one attached hydrogen (secondary N) is 1. The average molecular weight is 457 g/mol. The Balaban J connectivity index is 1.77. The lowest BCUT2D eigenvalue weighted by molar-refractivity contribution is -0.143. The van der Waals surface area contributed by atoms with Crippen molar-refractivity contribution in [3.05, 3.63) is 64.2 Å². The van der Waals surface area contributed by atoms with Crippen LogP contribution in [0.4, 0.5) is 0 Å². The number of carbonyl (C=O) groups is 2. The van der Waals surface area contributed by atoms with E-state index in [1.807, 2.05) is 57.2 Å². The molecule has 1 N–H and O–H groups in total. The molecule has 3 rings (SSSR count). The molecule has 2 amide bonds. The molecule has 1 atom stereocenters. The molecule has 2 aromatic carbocycles. The Bertz CT molecular complexity index is 940. The van der Waals surface area contributed by atoms with Crippen LogP contribution < -0.4 is 10.1 Å². The van der Waals surface area contributed by atoms with E-state index >= 15 is 0 Å². The molecule has 32 heavy (non-hydrogen) atoms. The highest BCUT2D eigenvalue weighted by molar-refractivity contribution is 6.31. The van der Waals surface area contributed by atoms with Crippen LogP contribution >= 0.6 is 11.6 Å². The summed E-state index contributed by atoms with van der Waals surface area (Å²) in [7, 11) is 0. The summed E-state index contributed by atoms with van der Waals surface area (Å²) in [5.41, 5.74) is 3.07. The molecule has 0 spiro atoms. The lowest BCUT2D eigenvalue weighted by Gasteiger charge is -2.31. The van der Waals surface area contributed by atoms with E-state index in [-0.39, 0.29) is 31.0 Å². The zero-order valence-electron chi connectivity index (χ0n) is 19.2. The van der Waals surface area contributed by atoms with Crippen molar-refractivity contribution in [3.8, 4) is 5.75 Å². The van der Waals surface area contributed by atoms with Gasteiger partial charge in [0, 0.05) is 17.6 Å². The minimum Gasteiger partial charge on any atom is -0.484 e. The first-order chi connectivity index (χ1) is 15.4. The van der Waals surface area contributed by atoms with Crippen LogP contribution in [0.2, 0.25) is 5.02 Å². The van der Waals surface area contributed by atoms with Crippen molar-refractivity contribution >= 4 is 23.4 Å². The van der Waals surface area contributed by atoms with Gasteiger partial charge in [0.15, 0.2) is 6.61 Å². The number of nitrogens with zero attached hydrogens (tertiary/aromatic N) is 1. The van der Waals surface area contributed by atoms with Crippen molar-refractivity contribution in [1.82, 2.24) is 10.2 Å². The van der Waals surface area contributed by atoms with Gasteiger partial charge in [0.05, 0.1) is 0 Å². The van der Waals surface area contributed by atoms with Crippen molar-refractivity contribution in [2.75, 3.05) is 6.61 Å². The molecule has 0 heterocycles. The van der Waals surface area contributed by atoms with Gasteiger partial charge in [0.25, 0.3) is 5.91 Å². The van der Waals surface area contributed by atoms with Crippen LogP contribution in [0.15, 0.2) is 42.5 Å². The molecule has 0 saturated heterocycles. The highest BCUT2D eigenvalue weighted by Gasteiger charge is 2.31. The molecule has 0 radical (unpaired) electrons. The number of aryl methyl sites for hydroxylation is 2. The molecule has 0 bridgehead atoms. The maximum atomic E-state index is 13.3.